The van der Waals surface area contributed by atoms with Gasteiger partial charge in [-0.2, -0.15) is 0 Å². The van der Waals surface area contributed by atoms with Gasteiger partial charge in [0.1, 0.15) is 17.4 Å². The molecule has 1 heterocycles. The van der Waals surface area contributed by atoms with Crippen LogP contribution in [0.5, 0.6) is 5.75 Å². The molecule has 1 aromatic heterocycles. The average molecular weight is 347 g/mol. The SMILES string of the molecule is COC(=O)[C@@H](CC(C)C)NC(=O)COc1ccc2ccc(=O)oc2c1. The lowest BCUT2D eigenvalue weighted by Gasteiger charge is -2.18. The van der Waals surface area contributed by atoms with Crippen molar-refractivity contribution in [1.29, 1.82) is 0 Å². The van der Waals surface area contributed by atoms with Gasteiger partial charge < -0.3 is 19.2 Å². The lowest BCUT2D eigenvalue weighted by molar-refractivity contribution is -0.145. The molecule has 0 unspecified atom stereocenters. The number of benzene rings is 1. The van der Waals surface area contributed by atoms with E-state index in [-0.39, 0.29) is 12.5 Å². The summed E-state index contributed by atoms with van der Waals surface area (Å²) in [6.07, 6.45) is 0.472. The van der Waals surface area contributed by atoms with E-state index in [4.69, 9.17) is 13.9 Å². The van der Waals surface area contributed by atoms with Gasteiger partial charge in [0.05, 0.1) is 7.11 Å². The summed E-state index contributed by atoms with van der Waals surface area (Å²) >= 11 is 0. The molecule has 25 heavy (non-hydrogen) atoms. The summed E-state index contributed by atoms with van der Waals surface area (Å²) in [5, 5.41) is 3.35. The Morgan fingerprint density at radius 1 is 1.20 bits per heavy atom. The maximum absolute atomic E-state index is 12.0. The van der Waals surface area contributed by atoms with Crippen LogP contribution in [0.15, 0.2) is 39.5 Å². The molecule has 7 nitrogen and oxygen atoms in total. The Balaban J connectivity index is 1.98. The lowest BCUT2D eigenvalue weighted by Crippen LogP contribution is -2.44. The van der Waals surface area contributed by atoms with Gasteiger partial charge in [0.25, 0.3) is 5.91 Å². The number of amides is 1. The Bertz CT molecular complexity index is 811. The van der Waals surface area contributed by atoms with E-state index >= 15 is 0 Å². The molecular formula is C18H21NO6. The number of carbonyl (C=O) groups is 2. The van der Waals surface area contributed by atoms with Gasteiger partial charge in [0.15, 0.2) is 6.61 Å². The summed E-state index contributed by atoms with van der Waals surface area (Å²) in [4.78, 5) is 35.0. The Morgan fingerprint density at radius 3 is 2.60 bits per heavy atom. The zero-order chi connectivity index (χ0) is 18.4. The average Bonchev–Trinajstić information content (AvgIpc) is 2.57. The van der Waals surface area contributed by atoms with Crippen LogP contribution in [0.3, 0.4) is 0 Å². The van der Waals surface area contributed by atoms with E-state index in [1.54, 1.807) is 18.2 Å². The first-order valence-corrected chi connectivity index (χ1v) is 7.93. The molecule has 0 saturated carbocycles. The molecule has 0 saturated heterocycles. The topological polar surface area (TPSA) is 94.8 Å². The largest absolute Gasteiger partial charge is 0.484 e. The third-order valence-electron chi connectivity index (χ3n) is 3.49. The molecule has 0 radical (unpaired) electrons. The van der Waals surface area contributed by atoms with E-state index in [0.29, 0.717) is 17.8 Å². The van der Waals surface area contributed by atoms with Crippen LogP contribution in [-0.4, -0.2) is 31.6 Å². The maximum atomic E-state index is 12.0. The minimum absolute atomic E-state index is 0.216. The Morgan fingerprint density at radius 2 is 1.92 bits per heavy atom. The van der Waals surface area contributed by atoms with Gasteiger partial charge in [0, 0.05) is 17.5 Å². The predicted octanol–water partition coefficient (Wildman–Crippen LogP) is 1.88. The number of nitrogens with one attached hydrogen (secondary N) is 1. The number of hydrogen-bond donors (Lipinski definition) is 1. The quantitative estimate of drug-likeness (QED) is 0.607. The highest BCUT2D eigenvalue weighted by Gasteiger charge is 2.22. The molecule has 0 aliphatic rings. The molecule has 0 fully saturated rings. The van der Waals surface area contributed by atoms with Crippen LogP contribution in [0.25, 0.3) is 11.0 Å². The maximum Gasteiger partial charge on any atom is 0.336 e. The van der Waals surface area contributed by atoms with Crippen molar-refractivity contribution in [2.45, 2.75) is 26.3 Å². The fourth-order valence-corrected chi connectivity index (χ4v) is 2.34. The van der Waals surface area contributed by atoms with Gasteiger partial charge in [-0.25, -0.2) is 9.59 Å². The first-order valence-electron chi connectivity index (χ1n) is 7.93. The highest BCUT2D eigenvalue weighted by molar-refractivity contribution is 5.85. The van der Waals surface area contributed by atoms with Gasteiger partial charge in [-0.15, -0.1) is 0 Å². The standard InChI is InChI=1S/C18H21NO6/c1-11(2)8-14(18(22)23-3)19-16(20)10-24-13-6-4-12-5-7-17(21)25-15(12)9-13/h4-7,9,11,14H,8,10H2,1-3H3,(H,19,20)/t14-/m1/s1. The predicted molar refractivity (Wildman–Crippen MR) is 91.4 cm³/mol. The van der Waals surface area contributed by atoms with Crippen molar-refractivity contribution in [1.82, 2.24) is 5.32 Å². The molecule has 1 amide bonds. The van der Waals surface area contributed by atoms with Crippen molar-refractivity contribution in [3.05, 3.63) is 40.8 Å². The van der Waals surface area contributed by atoms with Gasteiger partial charge in [-0.3, -0.25) is 4.79 Å². The van der Waals surface area contributed by atoms with Crippen LogP contribution in [0, 0.1) is 5.92 Å². The van der Waals surface area contributed by atoms with Crippen LogP contribution in [0.2, 0.25) is 0 Å². The van der Waals surface area contributed by atoms with Crippen molar-refractivity contribution in [3.63, 3.8) is 0 Å². The first-order chi connectivity index (χ1) is 11.9. The normalized spacial score (nSPS) is 12.0. The summed E-state index contributed by atoms with van der Waals surface area (Å²) in [5.41, 5.74) is -0.0883. The lowest BCUT2D eigenvalue weighted by atomic mass is 10.0. The van der Waals surface area contributed by atoms with Crippen molar-refractivity contribution in [2.24, 2.45) is 5.92 Å². The van der Waals surface area contributed by atoms with E-state index in [9.17, 15) is 14.4 Å². The first kappa shape index (κ1) is 18.5. The molecule has 134 valence electrons. The van der Waals surface area contributed by atoms with E-state index in [1.807, 2.05) is 13.8 Å². The number of hydrogen-bond acceptors (Lipinski definition) is 6. The van der Waals surface area contributed by atoms with E-state index < -0.39 is 23.5 Å². The van der Waals surface area contributed by atoms with Gasteiger partial charge >= 0.3 is 11.6 Å². The van der Waals surface area contributed by atoms with E-state index in [0.717, 1.165) is 5.39 Å². The molecule has 1 aromatic carbocycles. The molecule has 1 atom stereocenters. The van der Waals surface area contributed by atoms with Crippen molar-refractivity contribution in [3.8, 4) is 5.75 Å². The molecule has 1 N–H and O–H groups in total. The number of fused-ring (bicyclic) bond motifs is 1. The molecule has 0 aliphatic heterocycles. The Kier molecular flexibility index (Phi) is 6.16. The third-order valence-corrected chi connectivity index (χ3v) is 3.49. The number of methoxy groups -OCH3 is 1. The summed E-state index contributed by atoms with van der Waals surface area (Å²) in [7, 11) is 1.28. The highest BCUT2D eigenvalue weighted by atomic mass is 16.5. The van der Waals surface area contributed by atoms with Crippen molar-refractivity contribution in [2.75, 3.05) is 13.7 Å². The summed E-state index contributed by atoms with van der Waals surface area (Å²) in [5.74, 6) is -0.329. The van der Waals surface area contributed by atoms with Gasteiger partial charge in [-0.1, -0.05) is 13.8 Å². The van der Waals surface area contributed by atoms with Crippen molar-refractivity contribution < 1.29 is 23.5 Å². The van der Waals surface area contributed by atoms with Gasteiger partial charge in [-0.05, 0) is 30.5 Å². The number of rotatable bonds is 7. The zero-order valence-electron chi connectivity index (χ0n) is 14.4. The number of esters is 1. The molecule has 0 bridgehead atoms. The smallest absolute Gasteiger partial charge is 0.336 e. The molecular weight excluding hydrogens is 326 g/mol. The number of carbonyl (C=O) groups excluding carboxylic acids is 2. The molecule has 7 heteroatoms. The molecule has 0 aliphatic carbocycles. The number of ether oxygens (including phenoxy) is 2. The fourth-order valence-electron chi connectivity index (χ4n) is 2.34. The Labute approximate surface area is 144 Å². The molecule has 0 spiro atoms. The highest BCUT2D eigenvalue weighted by Crippen LogP contribution is 2.19. The Hall–Kier alpha value is -2.83. The summed E-state index contributed by atoms with van der Waals surface area (Å²) in [6, 6.07) is 7.19. The van der Waals surface area contributed by atoms with Crippen LogP contribution in [-0.2, 0) is 14.3 Å². The molecule has 2 aromatic rings. The summed E-state index contributed by atoms with van der Waals surface area (Å²) in [6.45, 7) is 3.62. The van der Waals surface area contributed by atoms with Gasteiger partial charge in [0.2, 0.25) is 0 Å². The van der Waals surface area contributed by atoms with E-state index in [2.05, 4.69) is 5.32 Å². The van der Waals surface area contributed by atoms with Crippen LogP contribution >= 0.6 is 0 Å². The second-order valence-electron chi connectivity index (χ2n) is 6.02. The molecule has 2 rings (SSSR count). The van der Waals surface area contributed by atoms with Crippen LogP contribution < -0.4 is 15.7 Å². The second kappa shape index (κ2) is 8.32. The van der Waals surface area contributed by atoms with Crippen LogP contribution in [0.1, 0.15) is 20.3 Å². The monoisotopic (exact) mass is 347 g/mol. The second-order valence-corrected chi connectivity index (χ2v) is 6.02. The third kappa shape index (κ3) is 5.34. The minimum atomic E-state index is -0.712. The van der Waals surface area contributed by atoms with E-state index in [1.165, 1.54) is 19.2 Å². The fraction of sp³-hybridized carbons (Fsp3) is 0.389. The van der Waals surface area contributed by atoms with Crippen molar-refractivity contribution >= 4 is 22.8 Å². The van der Waals surface area contributed by atoms with Crippen LogP contribution in [0.4, 0.5) is 0 Å². The zero-order valence-corrected chi connectivity index (χ0v) is 14.4. The minimum Gasteiger partial charge on any atom is -0.484 e. The summed E-state index contributed by atoms with van der Waals surface area (Å²) < 4.78 is 15.2.